The molecule has 0 amide bonds. The fraction of sp³-hybridized carbons (Fsp3) is 0.259. The SMILES string of the molecule is CCOc1ccc(CN(CCc2ccc3c(c2)OCO3)Cc2ccccc2)cc1.O=C(O)C(=O)O. The second-order valence-electron chi connectivity index (χ2n) is 7.82. The molecule has 184 valence electrons. The van der Waals surface area contributed by atoms with Crippen molar-refractivity contribution < 1.29 is 34.0 Å². The third kappa shape index (κ3) is 8.35. The highest BCUT2D eigenvalue weighted by Gasteiger charge is 2.14. The van der Waals surface area contributed by atoms with Crippen LogP contribution in [0.5, 0.6) is 17.2 Å². The minimum atomic E-state index is -1.82. The van der Waals surface area contributed by atoms with Crippen molar-refractivity contribution in [2.24, 2.45) is 0 Å². The zero-order valence-electron chi connectivity index (χ0n) is 19.6. The van der Waals surface area contributed by atoms with Crippen molar-refractivity contribution in [3.8, 4) is 17.2 Å². The lowest BCUT2D eigenvalue weighted by Crippen LogP contribution is -2.25. The Hall–Kier alpha value is -4.04. The van der Waals surface area contributed by atoms with Crippen LogP contribution in [-0.4, -0.2) is 47.0 Å². The van der Waals surface area contributed by atoms with Gasteiger partial charge in [0.05, 0.1) is 6.61 Å². The highest BCUT2D eigenvalue weighted by molar-refractivity contribution is 6.27. The number of nitrogens with zero attached hydrogens (tertiary/aromatic N) is 1. The standard InChI is InChI=1S/C25H27NO3.C2H2O4/c1-2-27-23-11-8-22(9-12-23)18-26(17-21-6-4-3-5-7-21)15-14-20-10-13-24-25(16-20)29-19-28-24;3-1(4)2(5)6/h3-13,16H,2,14-15,17-19H2,1H3;(H,3,4)(H,5,6). The van der Waals surface area contributed by atoms with Gasteiger partial charge in [0.15, 0.2) is 11.5 Å². The van der Waals surface area contributed by atoms with Crippen LogP contribution in [0.2, 0.25) is 0 Å². The van der Waals surface area contributed by atoms with Crippen molar-refractivity contribution in [1.82, 2.24) is 4.90 Å². The molecular weight excluding hydrogens is 450 g/mol. The van der Waals surface area contributed by atoms with Crippen LogP contribution in [-0.2, 0) is 29.1 Å². The fourth-order valence-electron chi connectivity index (χ4n) is 3.56. The van der Waals surface area contributed by atoms with Gasteiger partial charge in [-0.05, 0) is 54.3 Å². The fourth-order valence-corrected chi connectivity index (χ4v) is 3.56. The van der Waals surface area contributed by atoms with Gasteiger partial charge in [-0.1, -0.05) is 48.5 Å². The molecule has 0 aliphatic carbocycles. The maximum Gasteiger partial charge on any atom is 0.414 e. The van der Waals surface area contributed by atoms with Crippen LogP contribution in [0.1, 0.15) is 23.6 Å². The van der Waals surface area contributed by atoms with Gasteiger partial charge >= 0.3 is 11.9 Å². The van der Waals surface area contributed by atoms with E-state index in [0.717, 1.165) is 43.3 Å². The van der Waals surface area contributed by atoms with Gasteiger partial charge in [0.25, 0.3) is 0 Å². The maximum absolute atomic E-state index is 9.10. The van der Waals surface area contributed by atoms with Gasteiger partial charge in [-0.25, -0.2) is 9.59 Å². The number of benzene rings is 3. The predicted octanol–water partition coefficient (Wildman–Crippen LogP) is 4.21. The molecule has 3 aromatic rings. The molecular formula is C27H29NO7. The van der Waals surface area contributed by atoms with Gasteiger partial charge in [0, 0.05) is 19.6 Å². The van der Waals surface area contributed by atoms with Crippen molar-refractivity contribution >= 4 is 11.9 Å². The average Bonchev–Trinajstić information content (AvgIpc) is 3.33. The number of hydrogen-bond donors (Lipinski definition) is 2. The van der Waals surface area contributed by atoms with Gasteiger partial charge in [-0.15, -0.1) is 0 Å². The second kappa shape index (κ2) is 13.0. The molecule has 0 aromatic heterocycles. The van der Waals surface area contributed by atoms with E-state index in [2.05, 4.69) is 71.6 Å². The lowest BCUT2D eigenvalue weighted by molar-refractivity contribution is -0.159. The zero-order valence-corrected chi connectivity index (χ0v) is 19.6. The van der Waals surface area contributed by atoms with Gasteiger partial charge in [-0.2, -0.15) is 0 Å². The summed E-state index contributed by atoms with van der Waals surface area (Å²) in [7, 11) is 0. The van der Waals surface area contributed by atoms with E-state index in [9.17, 15) is 0 Å². The van der Waals surface area contributed by atoms with E-state index in [0.29, 0.717) is 13.4 Å². The number of carbonyl (C=O) groups is 2. The Kier molecular flexibility index (Phi) is 9.50. The lowest BCUT2D eigenvalue weighted by atomic mass is 10.1. The zero-order chi connectivity index (χ0) is 25.0. The Morgan fingerprint density at radius 2 is 1.43 bits per heavy atom. The summed E-state index contributed by atoms with van der Waals surface area (Å²) >= 11 is 0. The largest absolute Gasteiger partial charge is 0.494 e. The van der Waals surface area contributed by atoms with E-state index >= 15 is 0 Å². The van der Waals surface area contributed by atoms with Gasteiger partial charge in [0.1, 0.15) is 5.75 Å². The molecule has 1 aliphatic rings. The van der Waals surface area contributed by atoms with Crippen molar-refractivity contribution in [1.29, 1.82) is 0 Å². The minimum absolute atomic E-state index is 0.316. The molecule has 4 rings (SSSR count). The van der Waals surface area contributed by atoms with Crippen molar-refractivity contribution in [2.45, 2.75) is 26.4 Å². The summed E-state index contributed by atoms with van der Waals surface area (Å²) in [4.78, 5) is 20.7. The number of fused-ring (bicyclic) bond motifs is 1. The molecule has 2 N–H and O–H groups in total. The summed E-state index contributed by atoms with van der Waals surface area (Å²) in [6.45, 7) is 5.78. The molecule has 0 saturated heterocycles. The number of hydrogen-bond acceptors (Lipinski definition) is 6. The topological polar surface area (TPSA) is 106 Å². The van der Waals surface area contributed by atoms with E-state index in [1.165, 1.54) is 16.7 Å². The van der Waals surface area contributed by atoms with E-state index in [-0.39, 0.29) is 0 Å². The lowest BCUT2D eigenvalue weighted by Gasteiger charge is -2.23. The molecule has 1 heterocycles. The first-order valence-electron chi connectivity index (χ1n) is 11.3. The number of carboxylic acids is 2. The summed E-state index contributed by atoms with van der Waals surface area (Å²) in [5, 5.41) is 14.8. The van der Waals surface area contributed by atoms with Crippen LogP contribution < -0.4 is 14.2 Å². The first kappa shape index (κ1) is 25.6. The first-order valence-corrected chi connectivity index (χ1v) is 11.3. The number of ether oxygens (including phenoxy) is 3. The molecule has 8 heteroatoms. The molecule has 0 radical (unpaired) electrons. The Bertz CT molecular complexity index is 1090. The van der Waals surface area contributed by atoms with E-state index in [4.69, 9.17) is 34.0 Å². The molecule has 0 saturated carbocycles. The van der Waals surface area contributed by atoms with Crippen LogP contribution in [0.15, 0.2) is 72.8 Å². The summed E-state index contributed by atoms with van der Waals surface area (Å²) < 4.78 is 16.5. The van der Waals surface area contributed by atoms with Crippen LogP contribution in [0.25, 0.3) is 0 Å². The van der Waals surface area contributed by atoms with E-state index in [1.807, 2.05) is 13.0 Å². The van der Waals surface area contributed by atoms with Crippen LogP contribution >= 0.6 is 0 Å². The molecule has 0 unspecified atom stereocenters. The third-order valence-corrected chi connectivity index (χ3v) is 5.23. The number of carboxylic acid groups (broad SMARTS) is 2. The van der Waals surface area contributed by atoms with E-state index in [1.54, 1.807) is 0 Å². The Balaban J connectivity index is 0.000000509. The predicted molar refractivity (Wildman–Crippen MR) is 130 cm³/mol. The molecule has 0 spiro atoms. The smallest absolute Gasteiger partial charge is 0.414 e. The van der Waals surface area contributed by atoms with Crippen molar-refractivity contribution in [3.05, 3.63) is 89.5 Å². The average molecular weight is 480 g/mol. The van der Waals surface area contributed by atoms with Gasteiger partial charge in [0.2, 0.25) is 6.79 Å². The Labute approximate surface area is 204 Å². The van der Waals surface area contributed by atoms with E-state index < -0.39 is 11.9 Å². The van der Waals surface area contributed by atoms with Crippen LogP contribution in [0.3, 0.4) is 0 Å². The monoisotopic (exact) mass is 479 g/mol. The minimum Gasteiger partial charge on any atom is -0.494 e. The maximum atomic E-state index is 9.10. The highest BCUT2D eigenvalue weighted by atomic mass is 16.7. The normalized spacial score (nSPS) is 11.5. The van der Waals surface area contributed by atoms with Crippen LogP contribution in [0, 0.1) is 0 Å². The molecule has 0 bridgehead atoms. The molecule has 35 heavy (non-hydrogen) atoms. The van der Waals surface area contributed by atoms with Crippen molar-refractivity contribution in [2.75, 3.05) is 19.9 Å². The molecule has 3 aromatic carbocycles. The summed E-state index contributed by atoms with van der Waals surface area (Å²) in [5.74, 6) is -1.04. The molecule has 1 aliphatic heterocycles. The van der Waals surface area contributed by atoms with Crippen molar-refractivity contribution in [3.63, 3.8) is 0 Å². The summed E-state index contributed by atoms with van der Waals surface area (Å²) in [6, 6.07) is 25.3. The third-order valence-electron chi connectivity index (χ3n) is 5.23. The summed E-state index contributed by atoms with van der Waals surface area (Å²) in [5.41, 5.74) is 3.87. The quantitative estimate of drug-likeness (QED) is 0.440. The van der Waals surface area contributed by atoms with Crippen LogP contribution in [0.4, 0.5) is 0 Å². The Morgan fingerprint density at radius 1 is 0.829 bits per heavy atom. The molecule has 8 nitrogen and oxygen atoms in total. The van der Waals surface area contributed by atoms with Gasteiger partial charge in [-0.3, -0.25) is 4.90 Å². The van der Waals surface area contributed by atoms with Gasteiger partial charge < -0.3 is 24.4 Å². The molecule has 0 atom stereocenters. The second-order valence-corrected chi connectivity index (χ2v) is 7.82. The molecule has 0 fully saturated rings. The Morgan fingerprint density at radius 3 is 2.06 bits per heavy atom. The summed E-state index contributed by atoms with van der Waals surface area (Å²) in [6.07, 6.45) is 0.959. The number of aliphatic carboxylic acids is 2. The highest BCUT2D eigenvalue weighted by Crippen LogP contribution is 2.32. The first-order chi connectivity index (χ1) is 16.9. The number of rotatable bonds is 9.